The SMILES string of the molecule is COc1ccc(-c2noc(CCCCCNC(=O)c3cc(OC)ccc3OC)n2)cc1. The maximum absolute atomic E-state index is 12.4. The van der Waals surface area contributed by atoms with Crippen LogP contribution in [0.25, 0.3) is 11.4 Å². The highest BCUT2D eigenvalue weighted by Crippen LogP contribution is 2.24. The summed E-state index contributed by atoms with van der Waals surface area (Å²) in [6.45, 7) is 0.570. The van der Waals surface area contributed by atoms with E-state index in [9.17, 15) is 4.79 Å². The Labute approximate surface area is 181 Å². The molecule has 0 spiro atoms. The lowest BCUT2D eigenvalue weighted by Crippen LogP contribution is -2.25. The highest BCUT2D eigenvalue weighted by atomic mass is 16.5. The molecule has 2 aromatic carbocycles. The molecule has 0 aliphatic carbocycles. The van der Waals surface area contributed by atoms with Gasteiger partial charge in [-0.2, -0.15) is 4.98 Å². The molecule has 1 aromatic heterocycles. The molecule has 8 heteroatoms. The van der Waals surface area contributed by atoms with Crippen molar-refractivity contribution in [2.75, 3.05) is 27.9 Å². The second-order valence-corrected chi connectivity index (χ2v) is 6.87. The van der Waals surface area contributed by atoms with Gasteiger partial charge in [0.05, 0.1) is 26.9 Å². The third-order valence-electron chi connectivity index (χ3n) is 4.82. The molecule has 0 atom stereocenters. The van der Waals surface area contributed by atoms with E-state index in [0.717, 1.165) is 30.6 Å². The molecule has 0 radical (unpaired) electrons. The third kappa shape index (κ3) is 5.97. The number of benzene rings is 2. The number of aromatic nitrogens is 2. The highest BCUT2D eigenvalue weighted by molar-refractivity contribution is 5.97. The Bertz CT molecular complexity index is 985. The van der Waals surface area contributed by atoms with Gasteiger partial charge in [0.25, 0.3) is 5.91 Å². The lowest BCUT2D eigenvalue weighted by molar-refractivity contribution is 0.0949. The molecule has 31 heavy (non-hydrogen) atoms. The Morgan fingerprint density at radius 3 is 2.39 bits per heavy atom. The maximum atomic E-state index is 12.4. The zero-order valence-electron chi connectivity index (χ0n) is 18.0. The number of nitrogens with zero attached hydrogens (tertiary/aromatic N) is 2. The van der Waals surface area contributed by atoms with Gasteiger partial charge in [0.2, 0.25) is 11.7 Å². The molecule has 1 amide bonds. The number of hydrogen-bond donors (Lipinski definition) is 1. The number of hydrogen-bond acceptors (Lipinski definition) is 7. The average Bonchev–Trinajstić information content (AvgIpc) is 3.29. The number of methoxy groups -OCH3 is 3. The minimum Gasteiger partial charge on any atom is -0.497 e. The van der Waals surface area contributed by atoms with Crippen molar-refractivity contribution in [3.05, 3.63) is 53.9 Å². The fourth-order valence-electron chi connectivity index (χ4n) is 3.08. The summed E-state index contributed by atoms with van der Waals surface area (Å²) in [5.41, 5.74) is 1.34. The normalized spacial score (nSPS) is 10.5. The van der Waals surface area contributed by atoms with Crippen molar-refractivity contribution in [2.24, 2.45) is 0 Å². The van der Waals surface area contributed by atoms with Crippen LogP contribution >= 0.6 is 0 Å². The molecule has 3 aromatic rings. The van der Waals surface area contributed by atoms with Crippen LogP contribution in [-0.4, -0.2) is 43.9 Å². The standard InChI is InChI=1S/C23H27N3O5/c1-28-17-10-8-16(9-11-17)22-25-21(31-26-22)7-5-4-6-14-24-23(27)19-15-18(29-2)12-13-20(19)30-3/h8-13,15H,4-7,14H2,1-3H3,(H,24,27). The lowest BCUT2D eigenvalue weighted by Gasteiger charge is -2.10. The van der Waals surface area contributed by atoms with E-state index < -0.39 is 0 Å². The van der Waals surface area contributed by atoms with Gasteiger partial charge in [-0.05, 0) is 55.3 Å². The van der Waals surface area contributed by atoms with Crippen LogP contribution in [0.4, 0.5) is 0 Å². The van der Waals surface area contributed by atoms with Crippen LogP contribution in [0, 0.1) is 0 Å². The molecular weight excluding hydrogens is 398 g/mol. The van der Waals surface area contributed by atoms with Gasteiger partial charge < -0.3 is 24.1 Å². The largest absolute Gasteiger partial charge is 0.497 e. The zero-order chi connectivity index (χ0) is 22.1. The number of carbonyl (C=O) groups is 1. The fourth-order valence-corrected chi connectivity index (χ4v) is 3.08. The Hall–Kier alpha value is -3.55. The Morgan fingerprint density at radius 2 is 1.68 bits per heavy atom. The summed E-state index contributed by atoms with van der Waals surface area (Å²) < 4.78 is 20.9. The lowest BCUT2D eigenvalue weighted by atomic mass is 10.1. The fraction of sp³-hybridized carbons (Fsp3) is 0.348. The van der Waals surface area contributed by atoms with Crippen molar-refractivity contribution in [1.29, 1.82) is 0 Å². The first-order valence-electron chi connectivity index (χ1n) is 10.1. The van der Waals surface area contributed by atoms with E-state index in [-0.39, 0.29) is 5.91 Å². The number of nitrogens with one attached hydrogen (secondary N) is 1. The Morgan fingerprint density at radius 1 is 0.935 bits per heavy atom. The monoisotopic (exact) mass is 425 g/mol. The summed E-state index contributed by atoms with van der Waals surface area (Å²) in [5.74, 6) is 2.90. The smallest absolute Gasteiger partial charge is 0.255 e. The van der Waals surface area contributed by atoms with Crippen molar-refractivity contribution in [3.63, 3.8) is 0 Å². The van der Waals surface area contributed by atoms with Crippen molar-refractivity contribution >= 4 is 5.91 Å². The van der Waals surface area contributed by atoms with Crippen LogP contribution in [0.3, 0.4) is 0 Å². The summed E-state index contributed by atoms with van der Waals surface area (Å²) in [5, 5.41) is 6.96. The first kappa shape index (κ1) is 22.1. The van der Waals surface area contributed by atoms with Gasteiger partial charge in [-0.15, -0.1) is 0 Å². The van der Waals surface area contributed by atoms with E-state index in [2.05, 4.69) is 15.5 Å². The van der Waals surface area contributed by atoms with Crippen molar-refractivity contribution in [1.82, 2.24) is 15.5 Å². The topological polar surface area (TPSA) is 95.7 Å². The minimum atomic E-state index is -0.184. The zero-order valence-corrected chi connectivity index (χ0v) is 18.0. The molecule has 0 fully saturated rings. The predicted molar refractivity (Wildman–Crippen MR) is 116 cm³/mol. The van der Waals surface area contributed by atoms with Crippen LogP contribution in [-0.2, 0) is 6.42 Å². The van der Waals surface area contributed by atoms with Gasteiger partial charge >= 0.3 is 0 Å². The van der Waals surface area contributed by atoms with E-state index in [4.69, 9.17) is 18.7 Å². The average molecular weight is 425 g/mol. The first-order valence-corrected chi connectivity index (χ1v) is 10.1. The van der Waals surface area contributed by atoms with Crippen LogP contribution < -0.4 is 19.5 Å². The molecule has 0 aliphatic heterocycles. The summed E-state index contributed by atoms with van der Waals surface area (Å²) in [4.78, 5) is 16.9. The summed E-state index contributed by atoms with van der Waals surface area (Å²) in [6.07, 6.45) is 3.36. The van der Waals surface area contributed by atoms with Crippen LogP contribution in [0.15, 0.2) is 47.0 Å². The number of amides is 1. The number of aryl methyl sites for hydroxylation is 1. The minimum absolute atomic E-state index is 0.184. The second-order valence-electron chi connectivity index (χ2n) is 6.87. The van der Waals surface area contributed by atoms with E-state index in [1.807, 2.05) is 24.3 Å². The Kier molecular flexibility index (Phi) is 7.86. The van der Waals surface area contributed by atoms with Crippen LogP contribution in [0.5, 0.6) is 17.2 Å². The number of rotatable bonds is 11. The molecule has 0 aliphatic rings. The van der Waals surface area contributed by atoms with Gasteiger partial charge in [-0.25, -0.2) is 0 Å². The number of ether oxygens (including phenoxy) is 3. The Balaban J connectivity index is 1.40. The molecule has 0 bridgehead atoms. The number of unbranched alkanes of at least 4 members (excludes halogenated alkanes) is 2. The molecule has 3 rings (SSSR count). The third-order valence-corrected chi connectivity index (χ3v) is 4.82. The second kappa shape index (κ2) is 11.0. The van der Waals surface area contributed by atoms with E-state index >= 15 is 0 Å². The van der Waals surface area contributed by atoms with Crippen molar-refractivity contribution < 1.29 is 23.5 Å². The predicted octanol–water partition coefficient (Wildman–Crippen LogP) is 3.91. The maximum Gasteiger partial charge on any atom is 0.255 e. The van der Waals surface area contributed by atoms with Gasteiger partial charge in [0.15, 0.2) is 0 Å². The van der Waals surface area contributed by atoms with Crippen LogP contribution in [0.2, 0.25) is 0 Å². The van der Waals surface area contributed by atoms with E-state index in [1.54, 1.807) is 32.4 Å². The molecule has 0 unspecified atom stereocenters. The summed E-state index contributed by atoms with van der Waals surface area (Å²) in [6, 6.07) is 12.7. The molecular formula is C23H27N3O5. The van der Waals surface area contributed by atoms with Crippen LogP contribution in [0.1, 0.15) is 35.5 Å². The summed E-state index contributed by atoms with van der Waals surface area (Å²) >= 11 is 0. The molecule has 0 saturated heterocycles. The summed E-state index contributed by atoms with van der Waals surface area (Å²) in [7, 11) is 4.73. The van der Waals surface area contributed by atoms with E-state index in [0.29, 0.717) is 41.7 Å². The molecule has 1 heterocycles. The van der Waals surface area contributed by atoms with Gasteiger partial charge in [-0.3, -0.25) is 4.79 Å². The highest BCUT2D eigenvalue weighted by Gasteiger charge is 2.13. The number of carbonyl (C=O) groups excluding carboxylic acids is 1. The van der Waals surface area contributed by atoms with Crippen molar-refractivity contribution in [3.8, 4) is 28.6 Å². The molecule has 164 valence electrons. The van der Waals surface area contributed by atoms with Gasteiger partial charge in [0, 0.05) is 18.5 Å². The quantitative estimate of drug-likeness (QED) is 0.465. The van der Waals surface area contributed by atoms with E-state index in [1.165, 1.54) is 7.11 Å². The molecule has 8 nitrogen and oxygen atoms in total. The van der Waals surface area contributed by atoms with Crippen molar-refractivity contribution in [2.45, 2.75) is 25.7 Å². The van der Waals surface area contributed by atoms with Gasteiger partial charge in [-0.1, -0.05) is 11.6 Å². The molecule has 0 saturated carbocycles. The first-order chi connectivity index (χ1) is 15.1. The van der Waals surface area contributed by atoms with Gasteiger partial charge in [0.1, 0.15) is 17.2 Å². The molecule has 1 N–H and O–H groups in total.